The predicted molar refractivity (Wildman–Crippen MR) is 74.9 cm³/mol. The minimum atomic E-state index is -0.464. The summed E-state index contributed by atoms with van der Waals surface area (Å²) in [6.07, 6.45) is 0.703. The van der Waals surface area contributed by atoms with Gasteiger partial charge in [0, 0.05) is 13.1 Å². The molecule has 0 spiro atoms. The Balaban J connectivity index is 2.55. The minimum Gasteiger partial charge on any atom is -0.497 e. The molecular weight excluding hydrogens is 226 g/mol. The summed E-state index contributed by atoms with van der Waals surface area (Å²) in [7, 11) is 3.69. The monoisotopic (exact) mass is 251 g/mol. The molecule has 2 atom stereocenters. The summed E-state index contributed by atoms with van der Waals surface area (Å²) in [5, 5.41) is 10.2. The minimum absolute atomic E-state index is 0.464. The number of methoxy groups -OCH3 is 1. The van der Waals surface area contributed by atoms with Crippen molar-refractivity contribution in [3.05, 3.63) is 29.8 Å². The highest BCUT2D eigenvalue weighted by molar-refractivity contribution is 5.29. The normalized spacial score (nSPS) is 14.6. The molecule has 102 valence electrons. The number of nitrogens with zero attached hydrogens (tertiary/aromatic N) is 1. The molecule has 0 fully saturated rings. The molecule has 1 aromatic carbocycles. The van der Waals surface area contributed by atoms with Gasteiger partial charge in [0.2, 0.25) is 0 Å². The maximum absolute atomic E-state index is 10.2. The second-order valence-electron chi connectivity index (χ2n) is 5.03. The van der Waals surface area contributed by atoms with Gasteiger partial charge in [-0.3, -0.25) is 0 Å². The van der Waals surface area contributed by atoms with E-state index in [0.29, 0.717) is 12.5 Å². The first-order valence-corrected chi connectivity index (χ1v) is 6.57. The van der Waals surface area contributed by atoms with Crippen LogP contribution in [-0.4, -0.2) is 37.3 Å². The first-order chi connectivity index (χ1) is 8.56. The van der Waals surface area contributed by atoms with Crippen molar-refractivity contribution in [1.82, 2.24) is 4.90 Å². The third kappa shape index (κ3) is 4.67. The van der Waals surface area contributed by atoms with Gasteiger partial charge in [0.25, 0.3) is 0 Å². The zero-order valence-electron chi connectivity index (χ0n) is 11.9. The molecule has 3 heteroatoms. The molecule has 18 heavy (non-hydrogen) atoms. The van der Waals surface area contributed by atoms with Crippen molar-refractivity contribution in [1.29, 1.82) is 0 Å². The lowest BCUT2D eigenvalue weighted by Crippen LogP contribution is -2.28. The van der Waals surface area contributed by atoms with Gasteiger partial charge in [-0.1, -0.05) is 32.4 Å². The zero-order chi connectivity index (χ0) is 13.5. The number of ether oxygens (including phenoxy) is 1. The molecule has 0 aliphatic heterocycles. The van der Waals surface area contributed by atoms with Gasteiger partial charge in [-0.15, -0.1) is 0 Å². The Labute approximate surface area is 110 Å². The second-order valence-corrected chi connectivity index (χ2v) is 5.03. The van der Waals surface area contributed by atoms with E-state index in [9.17, 15) is 5.11 Å². The molecule has 0 saturated heterocycles. The van der Waals surface area contributed by atoms with Crippen LogP contribution in [0.15, 0.2) is 24.3 Å². The number of likely N-dealkylation sites (N-methyl/N-ethyl adjacent to an activating group) is 1. The third-order valence-corrected chi connectivity index (χ3v) is 3.28. The molecule has 0 saturated carbocycles. The van der Waals surface area contributed by atoms with Gasteiger partial charge in [0.15, 0.2) is 0 Å². The highest BCUT2D eigenvalue weighted by Gasteiger charge is 2.12. The van der Waals surface area contributed by atoms with Gasteiger partial charge in [0.05, 0.1) is 13.2 Å². The fourth-order valence-electron chi connectivity index (χ4n) is 1.99. The average molecular weight is 251 g/mol. The smallest absolute Gasteiger partial charge is 0.119 e. The Kier molecular flexibility index (Phi) is 6.16. The van der Waals surface area contributed by atoms with E-state index in [-0.39, 0.29) is 0 Å². The molecule has 1 N–H and O–H groups in total. The Hall–Kier alpha value is -1.06. The van der Waals surface area contributed by atoms with E-state index in [1.54, 1.807) is 7.11 Å². The topological polar surface area (TPSA) is 32.7 Å². The van der Waals surface area contributed by atoms with Crippen LogP contribution in [0.3, 0.4) is 0 Å². The van der Waals surface area contributed by atoms with Crippen LogP contribution in [0.2, 0.25) is 0 Å². The van der Waals surface area contributed by atoms with Gasteiger partial charge >= 0.3 is 0 Å². The van der Waals surface area contributed by atoms with E-state index in [0.717, 1.165) is 17.9 Å². The second kappa shape index (κ2) is 7.39. The van der Waals surface area contributed by atoms with Crippen LogP contribution in [0.1, 0.15) is 31.9 Å². The SMILES string of the molecule is CCC(C)CN(C)CC(O)c1cccc(OC)c1. The maximum Gasteiger partial charge on any atom is 0.119 e. The van der Waals surface area contributed by atoms with E-state index in [4.69, 9.17) is 4.74 Å². The summed E-state index contributed by atoms with van der Waals surface area (Å²) >= 11 is 0. The van der Waals surface area contributed by atoms with Crippen molar-refractivity contribution in [2.45, 2.75) is 26.4 Å². The van der Waals surface area contributed by atoms with Gasteiger partial charge in [-0.2, -0.15) is 0 Å². The van der Waals surface area contributed by atoms with E-state index < -0.39 is 6.10 Å². The van der Waals surface area contributed by atoms with Crippen LogP contribution < -0.4 is 4.74 Å². The number of benzene rings is 1. The van der Waals surface area contributed by atoms with Crippen LogP contribution in [0.25, 0.3) is 0 Å². The van der Waals surface area contributed by atoms with Crippen LogP contribution in [0.4, 0.5) is 0 Å². The lowest BCUT2D eigenvalue weighted by molar-refractivity contribution is 0.119. The van der Waals surface area contributed by atoms with Crippen molar-refractivity contribution < 1.29 is 9.84 Å². The molecule has 3 nitrogen and oxygen atoms in total. The lowest BCUT2D eigenvalue weighted by atomic mass is 10.1. The van der Waals surface area contributed by atoms with Crippen molar-refractivity contribution in [2.75, 3.05) is 27.2 Å². The third-order valence-electron chi connectivity index (χ3n) is 3.28. The molecule has 0 aromatic heterocycles. The highest BCUT2D eigenvalue weighted by Crippen LogP contribution is 2.20. The molecule has 0 aliphatic rings. The maximum atomic E-state index is 10.2. The molecule has 1 aromatic rings. The van der Waals surface area contributed by atoms with E-state index >= 15 is 0 Å². The van der Waals surface area contributed by atoms with E-state index in [1.165, 1.54) is 6.42 Å². The molecule has 0 aliphatic carbocycles. The summed E-state index contributed by atoms with van der Waals surface area (Å²) in [5.41, 5.74) is 0.908. The average Bonchev–Trinajstić information content (AvgIpc) is 2.38. The largest absolute Gasteiger partial charge is 0.497 e. The van der Waals surface area contributed by atoms with E-state index in [2.05, 4.69) is 25.8 Å². The Morgan fingerprint density at radius 2 is 2.06 bits per heavy atom. The molecule has 0 amide bonds. The van der Waals surface area contributed by atoms with Crippen LogP contribution in [0.5, 0.6) is 5.75 Å². The van der Waals surface area contributed by atoms with Crippen molar-refractivity contribution in [3.8, 4) is 5.75 Å². The van der Waals surface area contributed by atoms with Gasteiger partial charge in [0.1, 0.15) is 5.75 Å². The molecule has 2 unspecified atom stereocenters. The summed E-state index contributed by atoms with van der Waals surface area (Å²) in [5.74, 6) is 1.45. The summed E-state index contributed by atoms with van der Waals surface area (Å²) in [6, 6.07) is 7.62. The van der Waals surface area contributed by atoms with Crippen LogP contribution in [-0.2, 0) is 0 Å². The predicted octanol–water partition coefficient (Wildman–Crippen LogP) is 2.71. The molecule has 0 heterocycles. The number of hydrogen-bond donors (Lipinski definition) is 1. The fourth-order valence-corrected chi connectivity index (χ4v) is 1.99. The first-order valence-electron chi connectivity index (χ1n) is 6.57. The van der Waals surface area contributed by atoms with Crippen LogP contribution in [0, 0.1) is 5.92 Å². The van der Waals surface area contributed by atoms with Crippen molar-refractivity contribution >= 4 is 0 Å². The first kappa shape index (κ1) is 15.0. The molecule has 0 bridgehead atoms. The lowest BCUT2D eigenvalue weighted by Gasteiger charge is -2.23. The van der Waals surface area contributed by atoms with Crippen molar-refractivity contribution in [2.24, 2.45) is 5.92 Å². The Bertz CT molecular complexity index is 354. The zero-order valence-corrected chi connectivity index (χ0v) is 11.9. The standard InChI is InChI=1S/C15H25NO2/c1-5-12(2)10-16(3)11-15(17)13-7-6-8-14(9-13)18-4/h6-9,12,15,17H,5,10-11H2,1-4H3. The molecule has 0 radical (unpaired) electrons. The highest BCUT2D eigenvalue weighted by atomic mass is 16.5. The quantitative estimate of drug-likeness (QED) is 0.808. The fraction of sp³-hybridized carbons (Fsp3) is 0.600. The number of hydrogen-bond acceptors (Lipinski definition) is 3. The van der Waals surface area contributed by atoms with Gasteiger partial charge in [-0.05, 0) is 30.7 Å². The van der Waals surface area contributed by atoms with Crippen molar-refractivity contribution in [3.63, 3.8) is 0 Å². The summed E-state index contributed by atoms with van der Waals surface area (Å²) in [6.45, 7) is 6.08. The Morgan fingerprint density at radius 1 is 1.33 bits per heavy atom. The number of aliphatic hydroxyl groups excluding tert-OH is 1. The Morgan fingerprint density at radius 3 is 2.67 bits per heavy atom. The molecular formula is C15H25NO2. The van der Waals surface area contributed by atoms with Crippen LogP contribution >= 0.6 is 0 Å². The molecule has 1 rings (SSSR count). The van der Waals surface area contributed by atoms with E-state index in [1.807, 2.05) is 24.3 Å². The van der Waals surface area contributed by atoms with Gasteiger partial charge in [-0.25, -0.2) is 0 Å². The summed E-state index contributed by atoms with van der Waals surface area (Å²) in [4.78, 5) is 2.18. The summed E-state index contributed by atoms with van der Waals surface area (Å²) < 4.78 is 5.17. The van der Waals surface area contributed by atoms with Gasteiger partial charge < -0.3 is 14.7 Å². The number of aliphatic hydroxyl groups is 1. The number of rotatable bonds is 7.